The van der Waals surface area contributed by atoms with Crippen molar-refractivity contribution in [2.75, 3.05) is 0 Å². The van der Waals surface area contributed by atoms with Crippen LogP contribution in [0.4, 0.5) is 0 Å². The average Bonchev–Trinajstić information content (AvgIpc) is 2.17. The number of rotatable bonds is 2. The molecule has 0 spiro atoms. The van der Waals surface area contributed by atoms with Crippen molar-refractivity contribution in [2.45, 2.75) is 25.2 Å². The van der Waals surface area contributed by atoms with Gasteiger partial charge < -0.3 is 5.11 Å². The molecule has 0 aliphatic carbocycles. The zero-order chi connectivity index (χ0) is 11.8. The average molecular weight is 320 g/mol. The summed E-state index contributed by atoms with van der Waals surface area (Å²) in [5.41, 5.74) is 1.41. The molecule has 0 aromatic heterocycles. The van der Waals surface area contributed by atoms with Gasteiger partial charge in [-0.3, -0.25) is 0 Å². The molecule has 84 valence electrons. The second-order valence-corrected chi connectivity index (χ2v) is 4.63. The number of halogens is 1. The van der Waals surface area contributed by atoms with Gasteiger partial charge in [-0.2, -0.15) is 0 Å². The van der Waals surface area contributed by atoms with Crippen molar-refractivity contribution in [1.29, 1.82) is 0 Å². The molecule has 0 amide bonds. The zero-order valence-corrected chi connectivity index (χ0v) is 11.5. The molecule has 0 atom stereocenters. The minimum absolute atomic E-state index is 0.360. The smallest absolute Gasteiger partial charge is 0.335 e. The van der Waals surface area contributed by atoms with E-state index in [0.29, 0.717) is 5.56 Å². The summed E-state index contributed by atoms with van der Waals surface area (Å²) in [4.78, 5) is 10.5. The first-order valence-corrected chi connectivity index (χ1v) is 6.38. The molecule has 2 nitrogen and oxygen atoms in total. The fourth-order valence-corrected chi connectivity index (χ4v) is 1.26. The summed E-state index contributed by atoms with van der Waals surface area (Å²) in [6.45, 7) is 6.50. The lowest BCUT2D eigenvalue weighted by Gasteiger charge is -1.96. The van der Waals surface area contributed by atoms with Gasteiger partial charge in [0, 0.05) is 4.43 Å². The van der Waals surface area contributed by atoms with Crippen molar-refractivity contribution in [2.24, 2.45) is 5.92 Å². The molecule has 1 aromatic rings. The fraction of sp³-hybridized carbons (Fsp3) is 0.417. The van der Waals surface area contributed by atoms with E-state index >= 15 is 0 Å². The molecule has 0 aliphatic heterocycles. The molecule has 1 N–H and O–H groups in total. The molecule has 1 aromatic carbocycles. The highest BCUT2D eigenvalue weighted by molar-refractivity contribution is 14.1. The molecule has 0 fully saturated rings. The third-order valence-electron chi connectivity index (χ3n) is 1.33. The standard InChI is InChI=1S/C8H7IO2.C4H10/c9-5-6-2-1-3-7(4-6)8(10)11;1-4(2)3/h1-4H,5H2,(H,10,11);4H,1-3H3. The molecule has 15 heavy (non-hydrogen) atoms. The number of benzene rings is 1. The van der Waals surface area contributed by atoms with Crippen molar-refractivity contribution in [3.8, 4) is 0 Å². The Kier molecular flexibility index (Phi) is 7.38. The van der Waals surface area contributed by atoms with Crippen LogP contribution in [-0.2, 0) is 4.43 Å². The molecular formula is C12H17IO2. The maximum Gasteiger partial charge on any atom is 0.335 e. The molecule has 0 saturated carbocycles. The minimum Gasteiger partial charge on any atom is -0.478 e. The van der Waals surface area contributed by atoms with Crippen LogP contribution in [0.25, 0.3) is 0 Å². The van der Waals surface area contributed by atoms with Crippen LogP contribution in [0.1, 0.15) is 36.7 Å². The van der Waals surface area contributed by atoms with Crippen LogP contribution in [0.15, 0.2) is 24.3 Å². The van der Waals surface area contributed by atoms with E-state index in [1.165, 1.54) is 0 Å². The summed E-state index contributed by atoms with van der Waals surface area (Å²) in [6, 6.07) is 6.96. The highest BCUT2D eigenvalue weighted by Crippen LogP contribution is 2.08. The van der Waals surface area contributed by atoms with Gasteiger partial charge in [0.15, 0.2) is 0 Å². The highest BCUT2D eigenvalue weighted by Gasteiger charge is 2.01. The molecule has 0 unspecified atom stereocenters. The van der Waals surface area contributed by atoms with Crippen LogP contribution in [0.5, 0.6) is 0 Å². The van der Waals surface area contributed by atoms with E-state index in [-0.39, 0.29) is 0 Å². The van der Waals surface area contributed by atoms with Gasteiger partial charge in [-0.05, 0) is 23.6 Å². The van der Waals surface area contributed by atoms with Gasteiger partial charge in [0.1, 0.15) is 0 Å². The summed E-state index contributed by atoms with van der Waals surface area (Å²) >= 11 is 2.20. The van der Waals surface area contributed by atoms with E-state index < -0.39 is 5.97 Å². The Balaban J connectivity index is 0.000000423. The monoisotopic (exact) mass is 320 g/mol. The summed E-state index contributed by atoms with van der Waals surface area (Å²) in [7, 11) is 0. The Hall–Kier alpha value is -0.580. The van der Waals surface area contributed by atoms with Gasteiger partial charge in [-0.25, -0.2) is 4.79 Å². The zero-order valence-electron chi connectivity index (χ0n) is 9.33. The van der Waals surface area contributed by atoms with E-state index in [9.17, 15) is 4.79 Å². The second kappa shape index (κ2) is 7.68. The van der Waals surface area contributed by atoms with E-state index in [1.807, 2.05) is 6.07 Å². The van der Waals surface area contributed by atoms with E-state index in [2.05, 4.69) is 43.4 Å². The van der Waals surface area contributed by atoms with Gasteiger partial charge in [0.2, 0.25) is 0 Å². The number of alkyl halides is 1. The van der Waals surface area contributed by atoms with Crippen LogP contribution in [-0.4, -0.2) is 11.1 Å². The lowest BCUT2D eigenvalue weighted by Crippen LogP contribution is -1.95. The van der Waals surface area contributed by atoms with Gasteiger partial charge in [0.25, 0.3) is 0 Å². The molecule has 0 aliphatic rings. The summed E-state index contributed by atoms with van der Waals surface area (Å²) < 4.78 is 0.846. The first-order valence-electron chi connectivity index (χ1n) is 4.85. The number of hydrogen-bond donors (Lipinski definition) is 1. The van der Waals surface area contributed by atoms with Crippen LogP contribution in [0, 0.1) is 5.92 Å². The number of carboxylic acids is 1. The molecule has 0 heterocycles. The van der Waals surface area contributed by atoms with E-state index in [1.54, 1.807) is 18.2 Å². The first kappa shape index (κ1) is 14.4. The van der Waals surface area contributed by atoms with Gasteiger partial charge >= 0.3 is 5.97 Å². The first-order chi connectivity index (χ1) is 6.97. The molecule has 3 heteroatoms. The van der Waals surface area contributed by atoms with Crippen LogP contribution in [0.2, 0.25) is 0 Å². The van der Waals surface area contributed by atoms with Crippen molar-refractivity contribution in [3.63, 3.8) is 0 Å². The molecular weight excluding hydrogens is 303 g/mol. The minimum atomic E-state index is -0.864. The summed E-state index contributed by atoms with van der Waals surface area (Å²) in [5.74, 6) is -0.0308. The van der Waals surface area contributed by atoms with Gasteiger partial charge in [-0.15, -0.1) is 0 Å². The van der Waals surface area contributed by atoms with Crippen LogP contribution >= 0.6 is 22.6 Å². The van der Waals surface area contributed by atoms with Gasteiger partial charge in [0.05, 0.1) is 5.56 Å². The Morgan fingerprint density at radius 3 is 2.33 bits per heavy atom. The molecule has 0 saturated heterocycles. The van der Waals surface area contributed by atoms with Crippen LogP contribution < -0.4 is 0 Å². The number of carbonyl (C=O) groups is 1. The predicted molar refractivity (Wildman–Crippen MR) is 71.6 cm³/mol. The van der Waals surface area contributed by atoms with Crippen molar-refractivity contribution < 1.29 is 9.90 Å². The van der Waals surface area contributed by atoms with E-state index in [0.717, 1.165) is 15.9 Å². The Bertz CT molecular complexity index is 305. The quantitative estimate of drug-likeness (QED) is 0.661. The normalized spacial score (nSPS) is 9.40. The number of carboxylic acid groups (broad SMARTS) is 1. The number of hydrogen-bond acceptors (Lipinski definition) is 1. The third kappa shape index (κ3) is 7.36. The van der Waals surface area contributed by atoms with E-state index in [4.69, 9.17) is 5.11 Å². The second-order valence-electron chi connectivity index (χ2n) is 3.87. The Morgan fingerprint density at radius 1 is 1.40 bits per heavy atom. The lowest BCUT2D eigenvalue weighted by molar-refractivity contribution is 0.0697. The fourth-order valence-electron chi connectivity index (χ4n) is 0.787. The predicted octanol–water partition coefficient (Wildman–Crippen LogP) is 3.98. The van der Waals surface area contributed by atoms with Crippen molar-refractivity contribution >= 4 is 28.6 Å². The largest absolute Gasteiger partial charge is 0.478 e. The Morgan fingerprint density at radius 2 is 1.93 bits per heavy atom. The van der Waals surface area contributed by atoms with Gasteiger partial charge in [-0.1, -0.05) is 55.5 Å². The molecule has 0 bridgehead atoms. The topological polar surface area (TPSA) is 37.3 Å². The van der Waals surface area contributed by atoms with Crippen molar-refractivity contribution in [1.82, 2.24) is 0 Å². The maximum atomic E-state index is 10.5. The number of aromatic carboxylic acids is 1. The summed E-state index contributed by atoms with van der Waals surface area (Å²) in [6.07, 6.45) is 0. The third-order valence-corrected chi connectivity index (χ3v) is 2.21. The Labute approximate surface area is 105 Å². The SMILES string of the molecule is CC(C)C.O=C(O)c1cccc(CI)c1. The molecule has 1 rings (SSSR count). The van der Waals surface area contributed by atoms with Crippen molar-refractivity contribution in [3.05, 3.63) is 35.4 Å². The van der Waals surface area contributed by atoms with Crippen LogP contribution in [0.3, 0.4) is 0 Å². The maximum absolute atomic E-state index is 10.5. The summed E-state index contributed by atoms with van der Waals surface area (Å²) in [5, 5.41) is 8.60. The highest BCUT2D eigenvalue weighted by atomic mass is 127. The lowest BCUT2D eigenvalue weighted by atomic mass is 10.1. The molecule has 0 radical (unpaired) electrons.